The lowest BCUT2D eigenvalue weighted by atomic mass is 9.94. The number of anilines is 1. The van der Waals surface area contributed by atoms with Crippen molar-refractivity contribution in [1.82, 2.24) is 10.2 Å². The molecule has 0 radical (unpaired) electrons. The summed E-state index contributed by atoms with van der Waals surface area (Å²) < 4.78 is 29.4. The standard InChI is InChI=1S/C37H39Cl2N3O4S/c1-27-13-11-16-29(23-27)25-41(34(24-28-14-5-2-6-15-28)37(44)40-30-17-7-3-8-18-30)35(43)26-42(33-22-12-21-32(38)36(33)39)47(45,46)31-19-9-4-10-20-31/h2,4-6,9-16,19-23,30,34H,3,7-8,17-18,24-26H2,1H3,(H,40,44). The fraction of sp³-hybridized carbons (Fsp3) is 0.297. The highest BCUT2D eigenvalue weighted by molar-refractivity contribution is 7.92. The van der Waals surface area contributed by atoms with Crippen LogP contribution in [0.1, 0.15) is 48.8 Å². The number of aryl methyl sites for hydroxylation is 1. The van der Waals surface area contributed by atoms with E-state index in [2.05, 4.69) is 5.32 Å². The summed E-state index contributed by atoms with van der Waals surface area (Å²) >= 11 is 12.9. The van der Waals surface area contributed by atoms with E-state index >= 15 is 0 Å². The molecule has 10 heteroatoms. The van der Waals surface area contributed by atoms with Crippen molar-refractivity contribution in [3.05, 3.63) is 130 Å². The maximum absolute atomic E-state index is 14.7. The summed E-state index contributed by atoms with van der Waals surface area (Å²) in [7, 11) is -4.29. The van der Waals surface area contributed by atoms with Crippen LogP contribution in [0.25, 0.3) is 0 Å². The molecule has 1 atom stereocenters. The fourth-order valence-corrected chi connectivity index (χ4v) is 7.92. The van der Waals surface area contributed by atoms with Crippen LogP contribution in [0.15, 0.2) is 108 Å². The van der Waals surface area contributed by atoms with E-state index < -0.39 is 28.5 Å². The molecule has 7 nitrogen and oxygen atoms in total. The second kappa shape index (κ2) is 15.8. The summed E-state index contributed by atoms with van der Waals surface area (Å²) in [4.78, 5) is 30.4. The Morgan fingerprint density at radius 3 is 2.15 bits per heavy atom. The van der Waals surface area contributed by atoms with Crippen molar-refractivity contribution in [3.63, 3.8) is 0 Å². The van der Waals surface area contributed by atoms with Crippen LogP contribution in [0, 0.1) is 6.92 Å². The van der Waals surface area contributed by atoms with Crippen LogP contribution in [0.5, 0.6) is 0 Å². The lowest BCUT2D eigenvalue weighted by Crippen LogP contribution is -2.55. The highest BCUT2D eigenvalue weighted by Gasteiger charge is 2.36. The van der Waals surface area contributed by atoms with Gasteiger partial charge in [-0.15, -0.1) is 0 Å². The molecule has 0 spiro atoms. The van der Waals surface area contributed by atoms with E-state index in [-0.39, 0.29) is 45.5 Å². The molecule has 4 aromatic carbocycles. The Labute approximate surface area is 287 Å². The summed E-state index contributed by atoms with van der Waals surface area (Å²) in [6.07, 6.45) is 5.22. The van der Waals surface area contributed by atoms with Gasteiger partial charge in [-0.3, -0.25) is 13.9 Å². The molecule has 1 aliphatic carbocycles. The molecule has 246 valence electrons. The highest BCUT2D eigenvalue weighted by atomic mass is 35.5. The SMILES string of the molecule is Cc1cccc(CN(C(=O)CN(c2cccc(Cl)c2Cl)S(=O)(=O)c2ccccc2)C(Cc2ccccc2)C(=O)NC2CCCCC2)c1. The average molecular weight is 693 g/mol. The molecular formula is C37H39Cl2N3O4S. The number of benzene rings is 4. The Hall–Kier alpha value is -3.85. The highest BCUT2D eigenvalue weighted by Crippen LogP contribution is 2.35. The molecule has 1 saturated carbocycles. The lowest BCUT2D eigenvalue weighted by molar-refractivity contribution is -0.140. The monoisotopic (exact) mass is 691 g/mol. The Balaban J connectivity index is 1.58. The molecule has 1 unspecified atom stereocenters. The van der Waals surface area contributed by atoms with Crippen LogP contribution >= 0.6 is 23.2 Å². The first-order valence-electron chi connectivity index (χ1n) is 15.8. The van der Waals surface area contributed by atoms with Crippen LogP contribution in [0.2, 0.25) is 10.0 Å². The molecule has 2 amide bonds. The molecule has 1 aliphatic rings. The maximum Gasteiger partial charge on any atom is 0.264 e. The summed E-state index contributed by atoms with van der Waals surface area (Å²) in [5.41, 5.74) is 2.77. The van der Waals surface area contributed by atoms with Gasteiger partial charge in [0.15, 0.2) is 0 Å². The topological polar surface area (TPSA) is 86.8 Å². The zero-order chi connectivity index (χ0) is 33.4. The van der Waals surface area contributed by atoms with Gasteiger partial charge in [0.25, 0.3) is 10.0 Å². The molecule has 0 heterocycles. The van der Waals surface area contributed by atoms with Crippen molar-refractivity contribution in [1.29, 1.82) is 0 Å². The summed E-state index contributed by atoms with van der Waals surface area (Å²) in [5, 5.41) is 3.38. The quantitative estimate of drug-likeness (QED) is 0.166. The molecule has 47 heavy (non-hydrogen) atoms. The van der Waals surface area contributed by atoms with Gasteiger partial charge < -0.3 is 10.2 Å². The molecular weight excluding hydrogens is 653 g/mol. The van der Waals surface area contributed by atoms with E-state index in [1.165, 1.54) is 23.1 Å². The van der Waals surface area contributed by atoms with Gasteiger partial charge in [-0.25, -0.2) is 8.42 Å². The van der Waals surface area contributed by atoms with Gasteiger partial charge in [0.1, 0.15) is 12.6 Å². The minimum absolute atomic E-state index is 0.00239. The Kier molecular flexibility index (Phi) is 11.6. The molecule has 0 aliphatic heterocycles. The first kappa shape index (κ1) is 34.5. The zero-order valence-electron chi connectivity index (χ0n) is 26.3. The average Bonchev–Trinajstić information content (AvgIpc) is 3.08. The van der Waals surface area contributed by atoms with E-state index in [0.29, 0.717) is 0 Å². The number of carbonyl (C=O) groups excluding carboxylic acids is 2. The third-order valence-electron chi connectivity index (χ3n) is 8.47. The van der Waals surface area contributed by atoms with Gasteiger partial charge in [0, 0.05) is 19.0 Å². The van der Waals surface area contributed by atoms with Crippen LogP contribution in [-0.4, -0.2) is 43.8 Å². The Morgan fingerprint density at radius 1 is 0.830 bits per heavy atom. The third-order valence-corrected chi connectivity index (χ3v) is 11.1. The third kappa shape index (κ3) is 8.74. The van der Waals surface area contributed by atoms with Crippen LogP contribution in [0.3, 0.4) is 0 Å². The van der Waals surface area contributed by atoms with Crippen molar-refractivity contribution < 1.29 is 18.0 Å². The largest absolute Gasteiger partial charge is 0.352 e. The Bertz CT molecular complexity index is 1780. The van der Waals surface area contributed by atoms with E-state index in [1.807, 2.05) is 61.5 Å². The summed E-state index contributed by atoms with van der Waals surface area (Å²) in [6, 6.07) is 28.9. The van der Waals surface area contributed by atoms with E-state index in [0.717, 1.165) is 53.1 Å². The molecule has 5 rings (SSSR count). The van der Waals surface area contributed by atoms with Crippen molar-refractivity contribution in [2.75, 3.05) is 10.8 Å². The van der Waals surface area contributed by atoms with Gasteiger partial charge in [-0.05, 0) is 55.2 Å². The second-order valence-electron chi connectivity index (χ2n) is 12.0. The maximum atomic E-state index is 14.7. The van der Waals surface area contributed by atoms with Crippen molar-refractivity contribution in [2.45, 2.75) is 69.0 Å². The molecule has 1 fully saturated rings. The van der Waals surface area contributed by atoms with Gasteiger partial charge in [-0.2, -0.15) is 0 Å². The smallest absolute Gasteiger partial charge is 0.264 e. The molecule has 1 N–H and O–H groups in total. The zero-order valence-corrected chi connectivity index (χ0v) is 28.6. The van der Waals surface area contributed by atoms with Crippen molar-refractivity contribution >= 4 is 50.7 Å². The molecule has 0 saturated heterocycles. The fourth-order valence-electron chi connectivity index (χ4n) is 6.02. The molecule has 4 aromatic rings. The van der Waals surface area contributed by atoms with Crippen LogP contribution in [-0.2, 0) is 32.6 Å². The first-order chi connectivity index (χ1) is 22.6. The normalized spacial score (nSPS) is 14.3. The summed E-state index contributed by atoms with van der Waals surface area (Å²) in [5.74, 6) is -0.818. The number of hydrogen-bond donors (Lipinski definition) is 1. The van der Waals surface area contributed by atoms with Crippen LogP contribution < -0.4 is 9.62 Å². The van der Waals surface area contributed by atoms with E-state index in [1.54, 1.807) is 30.3 Å². The molecule has 0 aromatic heterocycles. The van der Waals surface area contributed by atoms with Crippen molar-refractivity contribution in [2.24, 2.45) is 0 Å². The Morgan fingerprint density at radius 2 is 1.47 bits per heavy atom. The van der Waals surface area contributed by atoms with Gasteiger partial charge in [0.2, 0.25) is 11.8 Å². The minimum Gasteiger partial charge on any atom is -0.352 e. The summed E-state index contributed by atoms with van der Waals surface area (Å²) in [6.45, 7) is 1.45. The van der Waals surface area contributed by atoms with E-state index in [9.17, 15) is 18.0 Å². The number of sulfonamides is 1. The number of hydrogen-bond acceptors (Lipinski definition) is 4. The van der Waals surface area contributed by atoms with Gasteiger partial charge in [-0.1, -0.05) is 127 Å². The minimum atomic E-state index is -4.29. The number of carbonyl (C=O) groups is 2. The number of nitrogens with one attached hydrogen (secondary N) is 1. The predicted octanol–water partition coefficient (Wildman–Crippen LogP) is 7.59. The first-order valence-corrected chi connectivity index (χ1v) is 18.0. The number of halogens is 2. The van der Waals surface area contributed by atoms with Crippen molar-refractivity contribution in [3.8, 4) is 0 Å². The predicted molar refractivity (Wildman–Crippen MR) is 188 cm³/mol. The molecule has 0 bridgehead atoms. The lowest BCUT2D eigenvalue weighted by Gasteiger charge is -2.35. The van der Waals surface area contributed by atoms with E-state index in [4.69, 9.17) is 23.2 Å². The number of rotatable bonds is 12. The van der Waals surface area contributed by atoms with Gasteiger partial charge >= 0.3 is 0 Å². The second-order valence-corrected chi connectivity index (χ2v) is 14.6. The number of nitrogens with zero attached hydrogens (tertiary/aromatic N) is 2. The van der Waals surface area contributed by atoms with Gasteiger partial charge in [0.05, 0.1) is 20.6 Å². The number of amides is 2. The van der Waals surface area contributed by atoms with Crippen LogP contribution in [0.4, 0.5) is 5.69 Å².